The van der Waals surface area contributed by atoms with Crippen molar-refractivity contribution in [3.8, 4) is 0 Å². The maximum Gasteiger partial charge on any atom is 0.309 e. The van der Waals surface area contributed by atoms with Crippen LogP contribution in [0.1, 0.15) is 25.7 Å². The molecule has 0 aromatic carbocycles. The van der Waals surface area contributed by atoms with Crippen LogP contribution in [0.4, 0.5) is 0 Å². The van der Waals surface area contributed by atoms with E-state index >= 15 is 0 Å². The Bertz CT molecular complexity index is 236. The quantitative estimate of drug-likeness (QED) is 0.591. The van der Waals surface area contributed by atoms with E-state index in [2.05, 4.69) is 0 Å². The molecular weight excluding hydrogens is 172 g/mol. The first-order chi connectivity index (χ1) is 6.25. The molecule has 0 bridgehead atoms. The molecule has 2 fully saturated rings. The van der Waals surface area contributed by atoms with E-state index in [0.29, 0.717) is 19.4 Å². The Balaban J connectivity index is 1.84. The van der Waals surface area contributed by atoms with Crippen LogP contribution in [0, 0.1) is 5.92 Å². The van der Waals surface area contributed by atoms with Gasteiger partial charge in [0.1, 0.15) is 6.10 Å². The fourth-order valence-corrected chi connectivity index (χ4v) is 1.82. The van der Waals surface area contributed by atoms with Gasteiger partial charge in [0, 0.05) is 6.42 Å². The van der Waals surface area contributed by atoms with E-state index < -0.39 is 0 Å². The summed E-state index contributed by atoms with van der Waals surface area (Å²) in [5.74, 6) is -0.324. The number of esters is 2. The van der Waals surface area contributed by atoms with Crippen LogP contribution in [-0.4, -0.2) is 24.6 Å². The summed E-state index contributed by atoms with van der Waals surface area (Å²) in [6, 6.07) is 0. The second-order valence-electron chi connectivity index (χ2n) is 3.54. The maximum absolute atomic E-state index is 11.1. The van der Waals surface area contributed by atoms with E-state index in [0.717, 1.165) is 12.8 Å². The molecule has 0 radical (unpaired) electrons. The summed E-state index contributed by atoms with van der Waals surface area (Å²) in [6.45, 7) is 0.518. The summed E-state index contributed by atoms with van der Waals surface area (Å²) in [7, 11) is 0. The molecule has 2 atom stereocenters. The molecule has 0 saturated carbocycles. The van der Waals surface area contributed by atoms with Crippen molar-refractivity contribution in [3.05, 3.63) is 0 Å². The Kier molecular flexibility index (Phi) is 2.20. The monoisotopic (exact) mass is 184 g/mol. The molecule has 13 heavy (non-hydrogen) atoms. The zero-order chi connectivity index (χ0) is 9.26. The molecule has 2 aliphatic heterocycles. The van der Waals surface area contributed by atoms with Gasteiger partial charge in [0.25, 0.3) is 0 Å². The van der Waals surface area contributed by atoms with Crippen LogP contribution in [0.25, 0.3) is 0 Å². The second kappa shape index (κ2) is 3.36. The van der Waals surface area contributed by atoms with Crippen molar-refractivity contribution in [1.29, 1.82) is 0 Å². The highest BCUT2D eigenvalue weighted by Gasteiger charge is 2.33. The number of carbonyl (C=O) groups is 2. The summed E-state index contributed by atoms with van der Waals surface area (Å²) < 4.78 is 9.85. The van der Waals surface area contributed by atoms with Gasteiger partial charge in [-0.15, -0.1) is 0 Å². The summed E-state index contributed by atoms with van der Waals surface area (Å²) in [4.78, 5) is 21.9. The lowest BCUT2D eigenvalue weighted by molar-refractivity contribution is -0.146. The van der Waals surface area contributed by atoms with Gasteiger partial charge in [0.05, 0.1) is 12.5 Å². The Morgan fingerprint density at radius 2 is 2.15 bits per heavy atom. The number of ether oxygens (including phenoxy) is 2. The number of hydrogen-bond acceptors (Lipinski definition) is 4. The second-order valence-corrected chi connectivity index (χ2v) is 3.54. The third kappa shape index (κ3) is 1.82. The van der Waals surface area contributed by atoms with Gasteiger partial charge in [-0.25, -0.2) is 0 Å². The zero-order valence-electron chi connectivity index (χ0n) is 7.32. The maximum atomic E-state index is 11.1. The van der Waals surface area contributed by atoms with E-state index in [4.69, 9.17) is 9.47 Å². The fraction of sp³-hybridized carbons (Fsp3) is 0.778. The molecule has 0 aromatic heterocycles. The van der Waals surface area contributed by atoms with Gasteiger partial charge >= 0.3 is 11.9 Å². The molecule has 2 unspecified atom stereocenters. The molecular formula is C9H12O4. The average molecular weight is 184 g/mol. The van der Waals surface area contributed by atoms with Crippen molar-refractivity contribution >= 4 is 11.9 Å². The van der Waals surface area contributed by atoms with Gasteiger partial charge in [0.15, 0.2) is 0 Å². The lowest BCUT2D eigenvalue weighted by Crippen LogP contribution is -2.17. The highest BCUT2D eigenvalue weighted by atomic mass is 16.6. The van der Waals surface area contributed by atoms with Crippen molar-refractivity contribution in [2.75, 3.05) is 6.61 Å². The Morgan fingerprint density at radius 1 is 1.31 bits per heavy atom. The normalized spacial score (nSPS) is 33.2. The third-order valence-electron chi connectivity index (χ3n) is 2.56. The predicted molar refractivity (Wildman–Crippen MR) is 42.8 cm³/mol. The van der Waals surface area contributed by atoms with Crippen LogP contribution in [-0.2, 0) is 19.1 Å². The van der Waals surface area contributed by atoms with Crippen molar-refractivity contribution in [3.63, 3.8) is 0 Å². The van der Waals surface area contributed by atoms with Crippen LogP contribution in [0.2, 0.25) is 0 Å². The van der Waals surface area contributed by atoms with E-state index in [-0.39, 0.29) is 24.0 Å². The van der Waals surface area contributed by atoms with E-state index in [9.17, 15) is 9.59 Å². The first-order valence-electron chi connectivity index (χ1n) is 4.62. The van der Waals surface area contributed by atoms with Crippen LogP contribution in [0.15, 0.2) is 0 Å². The number of rotatable bonds is 2. The van der Waals surface area contributed by atoms with Gasteiger partial charge < -0.3 is 9.47 Å². The SMILES string of the molecule is O=C1CCC(CC2CCOC2=O)O1. The van der Waals surface area contributed by atoms with Crippen LogP contribution >= 0.6 is 0 Å². The molecule has 2 heterocycles. The molecule has 0 spiro atoms. The number of hydrogen-bond donors (Lipinski definition) is 0. The largest absolute Gasteiger partial charge is 0.465 e. The summed E-state index contributed by atoms with van der Waals surface area (Å²) in [6.07, 6.45) is 2.61. The van der Waals surface area contributed by atoms with E-state index in [1.54, 1.807) is 0 Å². The van der Waals surface area contributed by atoms with Crippen molar-refractivity contribution < 1.29 is 19.1 Å². The smallest absolute Gasteiger partial charge is 0.309 e. The third-order valence-corrected chi connectivity index (χ3v) is 2.56. The minimum Gasteiger partial charge on any atom is -0.465 e. The molecule has 72 valence electrons. The van der Waals surface area contributed by atoms with Gasteiger partial charge in [-0.05, 0) is 19.3 Å². The highest BCUT2D eigenvalue weighted by Crippen LogP contribution is 2.26. The van der Waals surface area contributed by atoms with Crippen molar-refractivity contribution in [2.24, 2.45) is 5.92 Å². The molecule has 2 aliphatic rings. The first-order valence-corrected chi connectivity index (χ1v) is 4.62. The minimum atomic E-state index is -0.142. The summed E-state index contributed by atoms with van der Waals surface area (Å²) in [5.41, 5.74) is 0. The molecule has 4 heteroatoms. The van der Waals surface area contributed by atoms with Gasteiger partial charge in [-0.3, -0.25) is 9.59 Å². The molecule has 0 amide bonds. The Morgan fingerprint density at radius 3 is 2.69 bits per heavy atom. The number of cyclic esters (lactones) is 2. The average Bonchev–Trinajstić information content (AvgIpc) is 2.64. The minimum absolute atomic E-state index is 0.0455. The molecule has 4 nitrogen and oxygen atoms in total. The predicted octanol–water partition coefficient (Wildman–Crippen LogP) is 0.645. The lowest BCUT2D eigenvalue weighted by atomic mass is 9.99. The van der Waals surface area contributed by atoms with Crippen molar-refractivity contribution in [1.82, 2.24) is 0 Å². The van der Waals surface area contributed by atoms with Crippen LogP contribution in [0.5, 0.6) is 0 Å². The van der Waals surface area contributed by atoms with Gasteiger partial charge in [0.2, 0.25) is 0 Å². The molecule has 2 rings (SSSR count). The first kappa shape index (κ1) is 8.53. The summed E-state index contributed by atoms with van der Waals surface area (Å²) >= 11 is 0. The highest BCUT2D eigenvalue weighted by molar-refractivity contribution is 5.74. The van der Waals surface area contributed by atoms with Gasteiger partial charge in [-0.2, -0.15) is 0 Å². The lowest BCUT2D eigenvalue weighted by Gasteiger charge is -2.11. The van der Waals surface area contributed by atoms with E-state index in [1.165, 1.54) is 0 Å². The van der Waals surface area contributed by atoms with Crippen LogP contribution < -0.4 is 0 Å². The number of carbonyl (C=O) groups excluding carboxylic acids is 2. The van der Waals surface area contributed by atoms with Crippen molar-refractivity contribution in [2.45, 2.75) is 31.8 Å². The molecule has 0 aliphatic carbocycles. The topological polar surface area (TPSA) is 52.6 Å². The Labute approximate surface area is 76.2 Å². The molecule has 0 aromatic rings. The standard InChI is InChI=1S/C9H12O4/c10-8-2-1-7(13-8)5-6-3-4-12-9(6)11/h6-7H,1-5H2. The molecule has 2 saturated heterocycles. The van der Waals surface area contributed by atoms with Gasteiger partial charge in [-0.1, -0.05) is 0 Å². The zero-order valence-corrected chi connectivity index (χ0v) is 7.32. The fourth-order valence-electron chi connectivity index (χ4n) is 1.82. The molecule has 0 N–H and O–H groups in total. The van der Waals surface area contributed by atoms with E-state index in [1.807, 2.05) is 0 Å². The summed E-state index contributed by atoms with van der Waals surface area (Å²) in [5, 5.41) is 0. The Hall–Kier alpha value is -1.06. The van der Waals surface area contributed by atoms with Crippen LogP contribution in [0.3, 0.4) is 0 Å².